The van der Waals surface area contributed by atoms with Crippen molar-refractivity contribution in [3.8, 4) is 0 Å². The zero-order valence-corrected chi connectivity index (χ0v) is 12.4. The molecule has 104 valence electrons. The molecule has 0 spiro atoms. The van der Waals surface area contributed by atoms with Crippen LogP contribution in [-0.2, 0) is 18.0 Å². The molecule has 1 aliphatic rings. The Labute approximate surface area is 106 Å². The summed E-state index contributed by atoms with van der Waals surface area (Å²) in [4.78, 5) is 0. The van der Waals surface area contributed by atoms with Crippen LogP contribution in [0.4, 0.5) is 0 Å². The van der Waals surface area contributed by atoms with Gasteiger partial charge in [0.15, 0.2) is 0 Å². The highest BCUT2D eigenvalue weighted by Gasteiger charge is 2.39. The molecule has 0 amide bonds. The van der Waals surface area contributed by atoms with Gasteiger partial charge in [-0.1, -0.05) is 0 Å². The minimum absolute atomic E-state index is 0.636. The third-order valence-corrected chi connectivity index (χ3v) is 5.14. The number of hydrogen-bond donors (Lipinski definition) is 1. The molecule has 1 fully saturated rings. The summed E-state index contributed by atoms with van der Waals surface area (Å²) in [6.07, 6.45) is 0.895. The van der Waals surface area contributed by atoms with E-state index in [9.17, 15) is 0 Å². The lowest BCUT2D eigenvalue weighted by molar-refractivity contribution is 0.0710. The van der Waals surface area contributed by atoms with Gasteiger partial charge >= 0.3 is 8.80 Å². The van der Waals surface area contributed by atoms with E-state index in [2.05, 4.69) is 4.74 Å². The van der Waals surface area contributed by atoms with Crippen molar-refractivity contribution >= 4 is 8.80 Å². The maximum absolute atomic E-state index is 5.65. The van der Waals surface area contributed by atoms with Gasteiger partial charge in [0.25, 0.3) is 0 Å². The van der Waals surface area contributed by atoms with Crippen molar-refractivity contribution in [3.63, 3.8) is 0 Å². The molecule has 0 aromatic carbocycles. The predicted octanol–water partition coefficient (Wildman–Crippen LogP) is 1.40. The van der Waals surface area contributed by atoms with Crippen molar-refractivity contribution in [2.75, 3.05) is 39.6 Å². The normalized spacial score (nSPS) is 14.1. The lowest BCUT2D eigenvalue weighted by Gasteiger charge is -2.28. The van der Waals surface area contributed by atoms with Gasteiger partial charge in [-0.2, -0.15) is 0 Å². The number of nitrogens with two attached hydrogens (primary N) is 1. The van der Waals surface area contributed by atoms with Crippen molar-refractivity contribution < 1.29 is 18.0 Å². The summed E-state index contributed by atoms with van der Waals surface area (Å²) in [7, 11) is -2.40. The van der Waals surface area contributed by atoms with E-state index in [1.54, 1.807) is 0 Å². The first-order chi connectivity index (χ1) is 8.24. The average Bonchev–Trinajstić information content (AvgIpc) is 3.15. The van der Waals surface area contributed by atoms with Crippen LogP contribution in [0, 0.1) is 0 Å². The zero-order valence-electron chi connectivity index (χ0n) is 11.4. The molecule has 0 aromatic rings. The molecule has 1 rings (SSSR count). The van der Waals surface area contributed by atoms with E-state index >= 15 is 0 Å². The summed E-state index contributed by atoms with van der Waals surface area (Å²) < 4.78 is 21.5. The molecule has 1 saturated heterocycles. The molecule has 0 aromatic heterocycles. The average molecular weight is 265 g/mol. The molecule has 2 N–H and O–H groups in total. The first-order valence-corrected chi connectivity index (χ1v) is 8.37. The maximum atomic E-state index is 5.65. The van der Waals surface area contributed by atoms with Crippen LogP contribution < -0.4 is 5.73 Å². The molecule has 1 heterocycles. The SMILES string of the molecule is C1CO1.CCO[Si](CCCN)(OCC)OCC. The first kappa shape index (κ1) is 17.0. The van der Waals surface area contributed by atoms with E-state index in [1.807, 2.05) is 20.8 Å². The van der Waals surface area contributed by atoms with Crippen molar-refractivity contribution in [1.82, 2.24) is 0 Å². The fourth-order valence-electron chi connectivity index (χ4n) is 1.32. The summed E-state index contributed by atoms with van der Waals surface area (Å²) in [5.74, 6) is 0. The zero-order chi connectivity index (χ0) is 13.0. The molecule has 0 unspecified atom stereocenters. The van der Waals surface area contributed by atoms with Crippen LogP contribution >= 0.6 is 0 Å². The van der Waals surface area contributed by atoms with E-state index in [-0.39, 0.29) is 0 Å². The summed E-state index contributed by atoms with van der Waals surface area (Å²) in [6, 6.07) is 0.818. The van der Waals surface area contributed by atoms with Crippen LogP contribution in [0.5, 0.6) is 0 Å². The number of ether oxygens (including phenoxy) is 1. The monoisotopic (exact) mass is 265 g/mol. The topological polar surface area (TPSA) is 66.2 Å². The molecule has 17 heavy (non-hydrogen) atoms. The highest BCUT2D eigenvalue weighted by Crippen LogP contribution is 2.17. The van der Waals surface area contributed by atoms with Gasteiger partial charge in [0.1, 0.15) is 0 Å². The Hall–Kier alpha value is 0.0169. The number of rotatable bonds is 9. The van der Waals surface area contributed by atoms with E-state index in [1.165, 1.54) is 0 Å². The van der Waals surface area contributed by atoms with Crippen molar-refractivity contribution in [1.29, 1.82) is 0 Å². The van der Waals surface area contributed by atoms with Crippen molar-refractivity contribution in [2.45, 2.75) is 33.2 Å². The van der Waals surface area contributed by atoms with Crippen molar-refractivity contribution in [3.05, 3.63) is 0 Å². The Morgan fingerprint density at radius 3 is 1.65 bits per heavy atom. The maximum Gasteiger partial charge on any atom is 0.500 e. The standard InChI is InChI=1S/C9H23NO3Si.C2H4O/c1-4-11-14(12-5-2,13-6-3)9-7-8-10;1-2-3-1/h4-10H2,1-3H3;1-2H2. The second kappa shape index (κ2) is 11.1. The van der Waals surface area contributed by atoms with Crippen LogP contribution in [0.2, 0.25) is 6.04 Å². The Bertz CT molecular complexity index is 150. The Morgan fingerprint density at radius 2 is 1.41 bits per heavy atom. The fraction of sp³-hybridized carbons (Fsp3) is 1.00. The number of epoxide rings is 1. The fourth-order valence-corrected chi connectivity index (χ4v) is 3.96. The highest BCUT2D eigenvalue weighted by atomic mass is 28.4. The second-order valence-corrected chi connectivity index (χ2v) is 6.22. The Kier molecular flexibility index (Phi) is 11.1. The highest BCUT2D eigenvalue weighted by molar-refractivity contribution is 6.60. The third-order valence-electron chi connectivity index (χ3n) is 1.98. The molecule has 1 aliphatic heterocycles. The Morgan fingerprint density at radius 1 is 1.00 bits per heavy atom. The second-order valence-electron chi connectivity index (χ2n) is 3.49. The van der Waals surface area contributed by atoms with E-state index < -0.39 is 8.80 Å². The van der Waals surface area contributed by atoms with E-state index in [0.29, 0.717) is 26.4 Å². The van der Waals surface area contributed by atoms with Gasteiger partial charge in [-0.15, -0.1) is 0 Å². The van der Waals surface area contributed by atoms with Gasteiger partial charge in [-0.3, -0.25) is 0 Å². The van der Waals surface area contributed by atoms with Gasteiger partial charge in [-0.25, -0.2) is 0 Å². The molecule has 5 nitrogen and oxygen atoms in total. The molecular weight excluding hydrogens is 238 g/mol. The van der Waals surface area contributed by atoms with Gasteiger partial charge in [0, 0.05) is 25.9 Å². The summed E-state index contributed by atoms with van der Waals surface area (Å²) in [5.41, 5.74) is 5.48. The lowest BCUT2D eigenvalue weighted by Crippen LogP contribution is -2.46. The van der Waals surface area contributed by atoms with Gasteiger partial charge in [0.2, 0.25) is 0 Å². The summed E-state index contributed by atoms with van der Waals surface area (Å²) >= 11 is 0. The molecule has 0 saturated carbocycles. The van der Waals surface area contributed by atoms with Crippen molar-refractivity contribution in [2.24, 2.45) is 5.73 Å². The molecule has 0 bridgehead atoms. The van der Waals surface area contributed by atoms with Crippen LogP contribution in [0.1, 0.15) is 27.2 Å². The van der Waals surface area contributed by atoms with Crippen LogP contribution in [0.15, 0.2) is 0 Å². The van der Waals surface area contributed by atoms with Crippen LogP contribution in [0.25, 0.3) is 0 Å². The van der Waals surface area contributed by atoms with Gasteiger partial charge in [-0.05, 0) is 33.7 Å². The molecule has 6 heteroatoms. The first-order valence-electron chi connectivity index (χ1n) is 6.44. The van der Waals surface area contributed by atoms with E-state index in [4.69, 9.17) is 19.0 Å². The minimum Gasteiger partial charge on any atom is -0.377 e. The van der Waals surface area contributed by atoms with E-state index in [0.717, 1.165) is 25.7 Å². The van der Waals surface area contributed by atoms with Crippen LogP contribution in [-0.4, -0.2) is 48.4 Å². The van der Waals surface area contributed by atoms with Crippen LogP contribution in [0.3, 0.4) is 0 Å². The summed E-state index contributed by atoms with van der Waals surface area (Å²) in [5, 5.41) is 0. The largest absolute Gasteiger partial charge is 0.500 e. The summed E-state index contributed by atoms with van der Waals surface area (Å²) in [6.45, 7) is 10.4. The molecular formula is C11H27NO4Si. The molecule has 0 atom stereocenters. The lowest BCUT2D eigenvalue weighted by atomic mass is 10.5. The molecule has 0 aliphatic carbocycles. The van der Waals surface area contributed by atoms with Gasteiger partial charge < -0.3 is 23.7 Å². The number of hydrogen-bond acceptors (Lipinski definition) is 5. The predicted molar refractivity (Wildman–Crippen MR) is 69.9 cm³/mol. The van der Waals surface area contributed by atoms with Gasteiger partial charge in [0.05, 0.1) is 13.2 Å². The smallest absolute Gasteiger partial charge is 0.377 e. The Balaban J connectivity index is 0.000000728. The quantitative estimate of drug-likeness (QED) is 0.504. The third kappa shape index (κ3) is 9.69. The molecule has 0 radical (unpaired) electrons. The minimum atomic E-state index is -2.40.